The van der Waals surface area contributed by atoms with Gasteiger partial charge in [-0.1, -0.05) is 161 Å². The number of aliphatic hydroxyl groups is 4. The zero-order valence-corrected chi connectivity index (χ0v) is 37.1. The van der Waals surface area contributed by atoms with Crippen molar-refractivity contribution < 1.29 is 58.0 Å². The van der Waals surface area contributed by atoms with Crippen molar-refractivity contribution in [3.05, 3.63) is 12.2 Å². The summed E-state index contributed by atoms with van der Waals surface area (Å²) in [5.74, 6) is -0.215. The Bertz CT molecular complexity index is 1010. The Kier molecular flexibility index (Phi) is 37.9. The summed E-state index contributed by atoms with van der Waals surface area (Å²) in [6, 6.07) is 0. The molecule has 13 heteroatoms. The number of hydrogen-bond donors (Lipinski definition) is 5. The van der Waals surface area contributed by atoms with Crippen molar-refractivity contribution in [1.29, 1.82) is 0 Å². The second kappa shape index (κ2) is 38.8. The van der Waals surface area contributed by atoms with Gasteiger partial charge in [-0.05, 0) is 44.4 Å². The highest BCUT2D eigenvalue weighted by Crippen LogP contribution is 2.43. The number of unbranched alkanes of at least 4 members (excludes halogenated alkanes) is 20. The normalized spacial score (nSPS) is 15.1. The molecular weight excluding hydrogens is 751 g/mol. The molecule has 0 aromatic carbocycles. The maximum absolute atomic E-state index is 12.6. The number of phosphoric ester groups is 1. The molecule has 0 spiro atoms. The molecule has 0 radical (unpaired) electrons. The maximum Gasteiger partial charge on any atom is 0.472 e. The van der Waals surface area contributed by atoms with Gasteiger partial charge in [-0.2, -0.15) is 0 Å². The van der Waals surface area contributed by atoms with Gasteiger partial charge in [0, 0.05) is 12.8 Å². The van der Waals surface area contributed by atoms with E-state index in [0.29, 0.717) is 25.7 Å². The number of esters is 2. The van der Waals surface area contributed by atoms with E-state index < -0.39 is 64.0 Å². The molecule has 0 amide bonds. The first-order valence-corrected chi connectivity index (χ1v) is 24.2. The molecule has 12 nitrogen and oxygen atoms in total. The van der Waals surface area contributed by atoms with Gasteiger partial charge in [-0.25, -0.2) is 4.57 Å². The van der Waals surface area contributed by atoms with Gasteiger partial charge in [-0.3, -0.25) is 18.6 Å². The lowest BCUT2D eigenvalue weighted by atomic mass is 10.0. The predicted octanol–water partition coefficient (Wildman–Crippen LogP) is 9.80. The molecule has 0 aliphatic rings. The predicted molar refractivity (Wildman–Crippen MR) is 227 cm³/mol. The molecule has 0 aromatic heterocycles. The van der Waals surface area contributed by atoms with Gasteiger partial charge in [0.05, 0.1) is 32.0 Å². The van der Waals surface area contributed by atoms with Crippen molar-refractivity contribution in [2.75, 3.05) is 26.4 Å². The first kappa shape index (κ1) is 55.6. The molecule has 57 heavy (non-hydrogen) atoms. The monoisotopic (exact) mass is 837 g/mol. The summed E-state index contributed by atoms with van der Waals surface area (Å²) in [6.07, 6.45) is 27.7. The topological polar surface area (TPSA) is 189 Å². The lowest BCUT2D eigenvalue weighted by molar-refractivity contribution is -0.161. The van der Waals surface area contributed by atoms with Gasteiger partial charge >= 0.3 is 19.8 Å². The van der Waals surface area contributed by atoms with Gasteiger partial charge in [-0.15, -0.1) is 0 Å². The van der Waals surface area contributed by atoms with Gasteiger partial charge in [0.2, 0.25) is 0 Å². The average molecular weight is 837 g/mol. The second-order valence-corrected chi connectivity index (χ2v) is 17.7. The van der Waals surface area contributed by atoms with Crippen LogP contribution in [0.2, 0.25) is 0 Å². The Morgan fingerprint density at radius 3 is 1.61 bits per heavy atom. The summed E-state index contributed by atoms with van der Waals surface area (Å²) >= 11 is 0. The van der Waals surface area contributed by atoms with E-state index in [1.54, 1.807) is 0 Å². The lowest BCUT2D eigenvalue weighted by Crippen LogP contribution is -2.29. The van der Waals surface area contributed by atoms with Crippen molar-refractivity contribution in [1.82, 2.24) is 0 Å². The molecule has 0 aliphatic carbocycles. The average Bonchev–Trinajstić information content (AvgIpc) is 3.18. The van der Waals surface area contributed by atoms with Gasteiger partial charge in [0.15, 0.2) is 6.10 Å². The summed E-state index contributed by atoms with van der Waals surface area (Å²) in [5.41, 5.74) is 0. The molecule has 0 aromatic rings. The molecular formula is C44H85O12P. The van der Waals surface area contributed by atoms with Crippen LogP contribution in [0.25, 0.3) is 0 Å². The molecule has 0 saturated heterocycles. The number of carbonyl (C=O) groups excluding carboxylic acids is 2. The third kappa shape index (κ3) is 38.6. The van der Waals surface area contributed by atoms with E-state index >= 15 is 0 Å². The molecule has 0 fully saturated rings. The lowest BCUT2D eigenvalue weighted by Gasteiger charge is -2.20. The molecule has 0 rings (SSSR count). The van der Waals surface area contributed by atoms with Crippen molar-refractivity contribution in [3.63, 3.8) is 0 Å². The van der Waals surface area contributed by atoms with Crippen LogP contribution < -0.4 is 0 Å². The van der Waals surface area contributed by atoms with Crippen molar-refractivity contribution in [2.45, 2.75) is 225 Å². The molecule has 0 aliphatic heterocycles. The SMILES string of the molecule is CCCCC/C=C\C[C@@H](O)[C@H](O)CCCCCCCC(=O)OC[C@H](COP(=O)(O)OC[C@@H](O)CO)OC(=O)CCCCCCCCCCCCCCCCC(C)C. The molecule has 5 atom stereocenters. The summed E-state index contributed by atoms with van der Waals surface area (Å²) in [5, 5.41) is 38.8. The quantitative estimate of drug-likeness (QED) is 0.0170. The number of ether oxygens (including phenoxy) is 2. The van der Waals surface area contributed by atoms with E-state index in [2.05, 4.69) is 31.4 Å². The van der Waals surface area contributed by atoms with E-state index in [1.165, 1.54) is 83.5 Å². The van der Waals surface area contributed by atoms with Crippen molar-refractivity contribution in [3.8, 4) is 0 Å². The zero-order chi connectivity index (χ0) is 42.4. The number of phosphoric acid groups is 1. The minimum atomic E-state index is -4.65. The second-order valence-electron chi connectivity index (χ2n) is 16.2. The van der Waals surface area contributed by atoms with Crippen LogP contribution in [0.15, 0.2) is 12.2 Å². The van der Waals surface area contributed by atoms with Crippen LogP contribution >= 0.6 is 7.82 Å². The van der Waals surface area contributed by atoms with Crippen LogP contribution in [0.1, 0.15) is 201 Å². The fraction of sp³-hybridized carbons (Fsp3) is 0.909. The number of rotatable bonds is 42. The largest absolute Gasteiger partial charge is 0.472 e. The molecule has 1 unspecified atom stereocenters. The third-order valence-electron chi connectivity index (χ3n) is 10.0. The third-order valence-corrected chi connectivity index (χ3v) is 11.0. The van der Waals surface area contributed by atoms with Gasteiger partial charge in [0.25, 0.3) is 0 Å². The molecule has 0 saturated carbocycles. The minimum absolute atomic E-state index is 0.146. The van der Waals surface area contributed by atoms with Crippen LogP contribution in [0, 0.1) is 5.92 Å². The van der Waals surface area contributed by atoms with E-state index in [0.717, 1.165) is 63.7 Å². The van der Waals surface area contributed by atoms with Crippen molar-refractivity contribution >= 4 is 19.8 Å². The number of aliphatic hydroxyl groups excluding tert-OH is 4. The molecule has 0 bridgehead atoms. The summed E-state index contributed by atoms with van der Waals surface area (Å²) in [7, 11) is -4.65. The van der Waals surface area contributed by atoms with E-state index in [1.807, 2.05) is 6.08 Å². The highest BCUT2D eigenvalue weighted by molar-refractivity contribution is 7.47. The molecule has 0 heterocycles. The highest BCUT2D eigenvalue weighted by atomic mass is 31.2. The highest BCUT2D eigenvalue weighted by Gasteiger charge is 2.27. The molecule has 338 valence electrons. The first-order valence-electron chi connectivity index (χ1n) is 22.7. The van der Waals surface area contributed by atoms with Crippen LogP contribution in [0.3, 0.4) is 0 Å². The van der Waals surface area contributed by atoms with Crippen molar-refractivity contribution in [2.24, 2.45) is 5.92 Å². The first-order chi connectivity index (χ1) is 27.4. The Balaban J connectivity index is 4.36. The summed E-state index contributed by atoms with van der Waals surface area (Å²) < 4.78 is 32.7. The van der Waals surface area contributed by atoms with E-state index in [-0.39, 0.29) is 19.4 Å². The maximum atomic E-state index is 12.6. The summed E-state index contributed by atoms with van der Waals surface area (Å²) in [4.78, 5) is 35.0. The van der Waals surface area contributed by atoms with Crippen LogP contribution in [-0.2, 0) is 32.7 Å². The minimum Gasteiger partial charge on any atom is -0.462 e. The Hall–Kier alpha value is -1.37. The fourth-order valence-corrected chi connectivity index (χ4v) is 7.17. The van der Waals surface area contributed by atoms with Gasteiger partial charge in [0.1, 0.15) is 12.7 Å². The Morgan fingerprint density at radius 1 is 0.596 bits per heavy atom. The van der Waals surface area contributed by atoms with Crippen LogP contribution in [0.4, 0.5) is 0 Å². The Labute approximate surface area is 346 Å². The fourth-order valence-electron chi connectivity index (χ4n) is 6.38. The van der Waals surface area contributed by atoms with Gasteiger partial charge < -0.3 is 34.8 Å². The zero-order valence-electron chi connectivity index (χ0n) is 36.2. The molecule has 5 N–H and O–H groups in total. The van der Waals surface area contributed by atoms with E-state index in [9.17, 15) is 34.4 Å². The van der Waals surface area contributed by atoms with E-state index in [4.69, 9.17) is 19.1 Å². The van der Waals surface area contributed by atoms with Crippen LogP contribution in [-0.4, -0.2) is 88.1 Å². The smallest absolute Gasteiger partial charge is 0.462 e. The Morgan fingerprint density at radius 2 is 1.09 bits per heavy atom. The van der Waals surface area contributed by atoms with Crippen LogP contribution in [0.5, 0.6) is 0 Å². The number of carbonyl (C=O) groups is 2. The summed E-state index contributed by atoms with van der Waals surface area (Å²) in [6.45, 7) is 4.50. The standard InChI is InChI=1S/C44H85O12P/c1-4-5-6-7-20-25-30-41(47)42(48)31-26-21-18-23-27-32-43(49)53-36-40(37-55-57(51,52)54-35-39(46)34-45)56-44(50)33-28-22-17-15-13-11-9-8-10-12-14-16-19-24-29-38(2)3/h20,25,38-42,45-48H,4-19,21-24,26-37H2,1-3H3,(H,51,52)/b25-20-/t39-,40+,41+,42+/m0/s1. The number of hydrogen-bond acceptors (Lipinski definition) is 11. The number of allylic oxidation sites excluding steroid dienone is 1.